The van der Waals surface area contributed by atoms with Crippen molar-refractivity contribution < 1.29 is 18.4 Å². The number of amides is 2. The van der Waals surface area contributed by atoms with Crippen molar-refractivity contribution in [2.45, 2.75) is 32.7 Å². The van der Waals surface area contributed by atoms with Crippen molar-refractivity contribution in [2.75, 3.05) is 6.54 Å². The molecule has 2 N–H and O–H groups in total. The van der Waals surface area contributed by atoms with Gasteiger partial charge in [-0.05, 0) is 19.4 Å². The van der Waals surface area contributed by atoms with Crippen LogP contribution in [0.3, 0.4) is 0 Å². The molecule has 6 heteroatoms. The smallest absolute Gasteiger partial charge is 0.239 e. The maximum absolute atomic E-state index is 13.5. The fraction of sp³-hybridized carbons (Fsp3) is 0.429. The summed E-state index contributed by atoms with van der Waals surface area (Å²) in [5.74, 6) is -2.02. The number of nitrogens with one attached hydrogen (secondary N) is 2. The second-order valence-corrected chi connectivity index (χ2v) is 4.48. The summed E-state index contributed by atoms with van der Waals surface area (Å²) in [6, 6.07) is 2.57. The van der Waals surface area contributed by atoms with Gasteiger partial charge in [0, 0.05) is 18.1 Å². The summed E-state index contributed by atoms with van der Waals surface area (Å²) in [4.78, 5) is 22.8. The molecule has 0 bridgehead atoms. The number of rotatable bonds is 6. The van der Waals surface area contributed by atoms with Crippen LogP contribution >= 0.6 is 0 Å². The fourth-order valence-electron chi connectivity index (χ4n) is 1.72. The molecule has 1 atom stereocenters. The first-order valence-corrected chi connectivity index (χ1v) is 6.45. The van der Waals surface area contributed by atoms with Crippen molar-refractivity contribution in [3.63, 3.8) is 0 Å². The Morgan fingerprint density at radius 3 is 2.55 bits per heavy atom. The molecule has 0 radical (unpaired) electrons. The van der Waals surface area contributed by atoms with Gasteiger partial charge in [-0.2, -0.15) is 0 Å². The highest BCUT2D eigenvalue weighted by atomic mass is 19.1. The average Bonchev–Trinajstić information content (AvgIpc) is 2.36. The van der Waals surface area contributed by atoms with Crippen LogP contribution < -0.4 is 10.6 Å². The van der Waals surface area contributed by atoms with E-state index in [0.29, 0.717) is 12.8 Å². The van der Waals surface area contributed by atoms with Gasteiger partial charge in [-0.25, -0.2) is 8.78 Å². The minimum atomic E-state index is -0.715. The number of benzene rings is 1. The Balaban J connectivity index is 2.51. The lowest BCUT2D eigenvalue weighted by atomic mass is 10.1. The van der Waals surface area contributed by atoms with Crippen LogP contribution in [0, 0.1) is 11.6 Å². The van der Waals surface area contributed by atoms with Gasteiger partial charge < -0.3 is 10.6 Å². The Morgan fingerprint density at radius 2 is 1.95 bits per heavy atom. The van der Waals surface area contributed by atoms with Crippen LogP contribution in [0.5, 0.6) is 0 Å². The van der Waals surface area contributed by atoms with E-state index < -0.39 is 23.6 Å². The van der Waals surface area contributed by atoms with Crippen LogP contribution in [0.25, 0.3) is 0 Å². The van der Waals surface area contributed by atoms with Gasteiger partial charge in [-0.1, -0.05) is 13.0 Å². The number of carbonyl (C=O) groups is 2. The molecule has 0 aromatic heterocycles. The average molecular weight is 284 g/mol. The summed E-state index contributed by atoms with van der Waals surface area (Å²) in [6.07, 6.45) is 1.06. The minimum Gasteiger partial charge on any atom is -0.348 e. The van der Waals surface area contributed by atoms with Gasteiger partial charge >= 0.3 is 0 Å². The lowest BCUT2D eigenvalue weighted by Crippen LogP contribution is -2.38. The second-order valence-electron chi connectivity index (χ2n) is 4.48. The molecule has 1 aromatic carbocycles. The van der Waals surface area contributed by atoms with E-state index in [1.807, 2.05) is 6.92 Å². The summed E-state index contributed by atoms with van der Waals surface area (Å²) in [7, 11) is 0. The molecule has 110 valence electrons. The molecule has 0 fully saturated rings. The van der Waals surface area contributed by atoms with E-state index in [0.717, 1.165) is 12.1 Å². The highest BCUT2D eigenvalue weighted by Gasteiger charge is 2.14. The van der Waals surface area contributed by atoms with E-state index in [4.69, 9.17) is 0 Å². The van der Waals surface area contributed by atoms with Gasteiger partial charge in [0.2, 0.25) is 11.8 Å². The second kappa shape index (κ2) is 7.57. The van der Waals surface area contributed by atoms with Gasteiger partial charge in [0.25, 0.3) is 0 Å². The topological polar surface area (TPSA) is 58.2 Å². The van der Waals surface area contributed by atoms with Crippen LogP contribution in [-0.2, 0) is 9.59 Å². The molecule has 0 aliphatic rings. The van der Waals surface area contributed by atoms with Crippen LogP contribution in [0.4, 0.5) is 8.78 Å². The third kappa shape index (κ3) is 4.95. The largest absolute Gasteiger partial charge is 0.348 e. The summed E-state index contributed by atoms with van der Waals surface area (Å²) in [5.41, 5.74) is 0.194. The van der Waals surface area contributed by atoms with E-state index in [2.05, 4.69) is 10.6 Å². The van der Waals surface area contributed by atoms with Crippen LogP contribution in [0.1, 0.15) is 38.3 Å². The zero-order valence-corrected chi connectivity index (χ0v) is 11.5. The molecule has 0 spiro atoms. The van der Waals surface area contributed by atoms with Crippen molar-refractivity contribution in [3.8, 4) is 0 Å². The molecule has 0 saturated heterocycles. The van der Waals surface area contributed by atoms with Gasteiger partial charge in [0.05, 0.1) is 12.6 Å². The Bertz CT molecular complexity index is 492. The zero-order valence-electron chi connectivity index (χ0n) is 11.5. The quantitative estimate of drug-likeness (QED) is 0.840. The minimum absolute atomic E-state index is 0.161. The van der Waals surface area contributed by atoms with Gasteiger partial charge in [-0.3, -0.25) is 9.59 Å². The Kier molecular flexibility index (Phi) is 6.09. The first-order chi connectivity index (χ1) is 9.43. The first-order valence-electron chi connectivity index (χ1n) is 6.45. The standard InChI is InChI=1S/C14H18F2N2O2/c1-3-4-13(19)17-8-14(20)18-9(2)11-6-5-10(15)7-12(11)16/h5-7,9H,3-4,8H2,1-2H3,(H,17,19)(H,18,20). The third-order valence-electron chi connectivity index (χ3n) is 2.73. The Labute approximate surface area is 116 Å². The molecule has 1 rings (SSSR count). The first kappa shape index (κ1) is 16.1. The SMILES string of the molecule is CCCC(=O)NCC(=O)NC(C)c1ccc(F)cc1F. The van der Waals surface area contributed by atoms with Crippen molar-refractivity contribution in [2.24, 2.45) is 0 Å². The summed E-state index contributed by atoms with van der Waals surface area (Å²) in [6.45, 7) is 3.28. The molecule has 1 unspecified atom stereocenters. The molecule has 0 heterocycles. The van der Waals surface area contributed by atoms with E-state index in [9.17, 15) is 18.4 Å². The molecular weight excluding hydrogens is 266 g/mol. The van der Waals surface area contributed by atoms with E-state index in [-0.39, 0.29) is 18.0 Å². The summed E-state index contributed by atoms with van der Waals surface area (Å²) < 4.78 is 26.3. The van der Waals surface area contributed by atoms with E-state index in [1.54, 1.807) is 6.92 Å². The lowest BCUT2D eigenvalue weighted by Gasteiger charge is -2.15. The van der Waals surface area contributed by atoms with E-state index >= 15 is 0 Å². The van der Waals surface area contributed by atoms with Crippen LogP contribution in [0.15, 0.2) is 18.2 Å². The Hall–Kier alpha value is -1.98. The van der Waals surface area contributed by atoms with E-state index in [1.165, 1.54) is 6.07 Å². The van der Waals surface area contributed by atoms with Crippen LogP contribution in [0.2, 0.25) is 0 Å². The number of hydrogen-bond donors (Lipinski definition) is 2. The van der Waals surface area contributed by atoms with Gasteiger partial charge in [0.15, 0.2) is 0 Å². The molecule has 2 amide bonds. The highest BCUT2D eigenvalue weighted by molar-refractivity contribution is 5.84. The van der Waals surface area contributed by atoms with Crippen molar-refractivity contribution in [1.29, 1.82) is 0 Å². The van der Waals surface area contributed by atoms with Crippen LogP contribution in [-0.4, -0.2) is 18.4 Å². The fourth-order valence-corrected chi connectivity index (χ4v) is 1.72. The Morgan fingerprint density at radius 1 is 1.25 bits per heavy atom. The predicted molar refractivity (Wildman–Crippen MR) is 70.8 cm³/mol. The zero-order chi connectivity index (χ0) is 15.1. The summed E-state index contributed by atoms with van der Waals surface area (Å²) in [5, 5.41) is 5.00. The van der Waals surface area contributed by atoms with Crippen molar-refractivity contribution in [1.82, 2.24) is 10.6 Å². The van der Waals surface area contributed by atoms with Crippen molar-refractivity contribution >= 4 is 11.8 Å². The molecule has 4 nitrogen and oxygen atoms in total. The van der Waals surface area contributed by atoms with Crippen molar-refractivity contribution in [3.05, 3.63) is 35.4 Å². The lowest BCUT2D eigenvalue weighted by molar-refractivity contribution is -0.126. The van der Waals surface area contributed by atoms with Gasteiger partial charge in [-0.15, -0.1) is 0 Å². The maximum Gasteiger partial charge on any atom is 0.239 e. The third-order valence-corrected chi connectivity index (χ3v) is 2.73. The predicted octanol–water partition coefficient (Wildman–Crippen LogP) is 2.06. The molecule has 1 aromatic rings. The molecule has 0 aliphatic carbocycles. The maximum atomic E-state index is 13.5. The highest BCUT2D eigenvalue weighted by Crippen LogP contribution is 2.17. The molecule has 0 aliphatic heterocycles. The number of carbonyl (C=O) groups excluding carboxylic acids is 2. The number of halogens is 2. The molecular formula is C14H18F2N2O2. The normalized spacial score (nSPS) is 11.8. The van der Waals surface area contributed by atoms with Gasteiger partial charge in [0.1, 0.15) is 11.6 Å². The summed E-state index contributed by atoms with van der Waals surface area (Å²) >= 11 is 0. The monoisotopic (exact) mass is 284 g/mol. The molecule has 0 saturated carbocycles. The molecule has 20 heavy (non-hydrogen) atoms. The number of hydrogen-bond acceptors (Lipinski definition) is 2.